The van der Waals surface area contributed by atoms with Gasteiger partial charge in [0.2, 0.25) is 0 Å². The Morgan fingerprint density at radius 3 is 3.43 bits per heavy atom. The van der Waals surface area contributed by atoms with Gasteiger partial charge in [0.1, 0.15) is 0 Å². The molecule has 7 heavy (non-hydrogen) atoms. The smallest absolute Gasteiger partial charge is 0.0519 e. The number of allylic oxidation sites excluding steroid dienone is 1. The second kappa shape index (κ2) is 2.59. The quantitative estimate of drug-likeness (QED) is 0.427. The molecule has 36 valence electrons. The molecule has 0 aromatic rings. The molecule has 0 amide bonds. The summed E-state index contributed by atoms with van der Waals surface area (Å²) in [5.41, 5.74) is 0. The molecule has 1 aliphatic rings. The molecule has 0 bridgehead atoms. The van der Waals surface area contributed by atoms with Gasteiger partial charge in [-0.3, -0.25) is 0 Å². The molecule has 0 saturated carbocycles. The molecule has 1 unspecified atom stereocenters. The minimum Gasteiger partial charge on any atom is -0.145 e. The Balaban J connectivity index is 2.60. The van der Waals surface area contributed by atoms with E-state index in [0.717, 1.165) is 0 Å². The molecule has 1 aliphatic heterocycles. The summed E-state index contributed by atoms with van der Waals surface area (Å²) in [5, 5.41) is 6.94. The van der Waals surface area contributed by atoms with Crippen molar-refractivity contribution in [3.05, 3.63) is 11.9 Å². The molecular formula is C3H4N3P. The lowest BCUT2D eigenvalue weighted by molar-refractivity contribution is 1.12. The Kier molecular flexibility index (Phi) is 1.70. The number of rotatable bonds is 0. The first-order valence-electron chi connectivity index (χ1n) is 1.84. The maximum atomic E-state index is 3.64. The van der Waals surface area contributed by atoms with Gasteiger partial charge in [0.25, 0.3) is 0 Å². The van der Waals surface area contributed by atoms with Gasteiger partial charge in [-0.15, -0.1) is 9.99 Å². The van der Waals surface area contributed by atoms with Gasteiger partial charge < -0.3 is 0 Å². The number of hydrogen-bond donors (Lipinski definition) is 0. The lowest BCUT2D eigenvalue weighted by Gasteiger charge is -1.68. The van der Waals surface area contributed by atoms with Crippen LogP contribution in [0, 0.1) is 0 Å². The zero-order valence-electron chi connectivity index (χ0n) is 3.57. The highest BCUT2D eigenvalue weighted by Crippen LogP contribution is 2.14. The van der Waals surface area contributed by atoms with Gasteiger partial charge >= 0.3 is 0 Å². The van der Waals surface area contributed by atoms with Crippen molar-refractivity contribution in [2.45, 2.75) is 0 Å². The highest BCUT2D eigenvalue weighted by Gasteiger charge is 1.73. The van der Waals surface area contributed by atoms with E-state index < -0.39 is 0 Å². The normalized spacial score (nSPS) is 20.6. The van der Waals surface area contributed by atoms with Gasteiger partial charge in [-0.05, 0) is 17.1 Å². The van der Waals surface area contributed by atoms with E-state index in [1.165, 1.54) is 0 Å². The lowest BCUT2D eigenvalue weighted by Crippen LogP contribution is -1.52. The third kappa shape index (κ3) is 1.55. The average molecular weight is 113 g/mol. The van der Waals surface area contributed by atoms with Crippen LogP contribution in [-0.2, 0) is 0 Å². The largest absolute Gasteiger partial charge is 0.145 e. The van der Waals surface area contributed by atoms with Gasteiger partial charge in [-0.25, -0.2) is 0 Å². The number of hydrogen-bond acceptors (Lipinski definition) is 3. The zero-order chi connectivity index (χ0) is 4.95. The van der Waals surface area contributed by atoms with E-state index >= 15 is 0 Å². The molecule has 0 fully saturated rings. The van der Waals surface area contributed by atoms with Crippen molar-refractivity contribution in [2.75, 3.05) is 0 Å². The van der Waals surface area contributed by atoms with Crippen LogP contribution in [0.5, 0.6) is 0 Å². The molecule has 0 spiro atoms. The average Bonchev–Trinajstić information content (AvgIpc) is 1.90. The van der Waals surface area contributed by atoms with Crippen molar-refractivity contribution in [3.8, 4) is 0 Å². The standard InChI is InChI=1S/C3H4N3P/c1-2-4-5-6-7-3-1/h1-3,7H. The van der Waals surface area contributed by atoms with Crippen LogP contribution in [0.3, 0.4) is 0 Å². The molecule has 0 aromatic carbocycles. The number of nitrogens with zero attached hydrogens (tertiary/aromatic N) is 3. The van der Waals surface area contributed by atoms with Crippen molar-refractivity contribution >= 4 is 14.9 Å². The molecule has 0 radical (unpaired) electrons. The summed E-state index contributed by atoms with van der Waals surface area (Å²) in [6.07, 6.45) is 3.45. The van der Waals surface area contributed by atoms with Crippen molar-refractivity contribution in [2.24, 2.45) is 15.2 Å². The van der Waals surface area contributed by atoms with Crippen LogP contribution in [0.4, 0.5) is 0 Å². The van der Waals surface area contributed by atoms with E-state index in [1.54, 1.807) is 6.21 Å². The van der Waals surface area contributed by atoms with E-state index in [-0.39, 0.29) is 0 Å². The van der Waals surface area contributed by atoms with Gasteiger partial charge in [0, 0.05) is 0 Å². The second-order valence-electron chi connectivity index (χ2n) is 0.942. The van der Waals surface area contributed by atoms with Crippen molar-refractivity contribution in [1.82, 2.24) is 0 Å². The molecule has 3 nitrogen and oxygen atoms in total. The van der Waals surface area contributed by atoms with Gasteiger partial charge in [0.05, 0.1) is 14.9 Å². The van der Waals surface area contributed by atoms with E-state index in [2.05, 4.69) is 15.2 Å². The molecule has 4 heteroatoms. The summed E-state index contributed by atoms with van der Waals surface area (Å²) in [5.74, 6) is 1.92. The second-order valence-corrected chi connectivity index (χ2v) is 1.73. The first kappa shape index (κ1) is 4.60. The topological polar surface area (TPSA) is 37.1 Å². The SMILES string of the molecule is C1=CPN=NN=C1. The maximum absolute atomic E-state index is 3.64. The monoisotopic (exact) mass is 113 g/mol. The summed E-state index contributed by atoms with van der Waals surface area (Å²) >= 11 is 0. The van der Waals surface area contributed by atoms with E-state index in [1.807, 2.05) is 11.9 Å². The molecule has 0 N–H and O–H groups in total. The lowest BCUT2D eigenvalue weighted by atomic mass is 10.7. The molecule has 0 aromatic heterocycles. The Labute approximate surface area is 43.1 Å². The third-order valence-corrected chi connectivity index (χ3v) is 1.02. The predicted octanol–water partition coefficient (Wildman–Crippen LogP) is 1.55. The summed E-state index contributed by atoms with van der Waals surface area (Å²) in [6.45, 7) is 0. The van der Waals surface area contributed by atoms with Crippen LogP contribution in [0.1, 0.15) is 0 Å². The minimum atomic E-state index is 0.448. The third-order valence-electron chi connectivity index (χ3n) is 0.478. The van der Waals surface area contributed by atoms with E-state index in [9.17, 15) is 0 Å². The summed E-state index contributed by atoms with van der Waals surface area (Å²) in [4.78, 5) is 3.64. The van der Waals surface area contributed by atoms with Crippen molar-refractivity contribution in [1.29, 1.82) is 0 Å². The van der Waals surface area contributed by atoms with Crippen LogP contribution < -0.4 is 0 Å². The fraction of sp³-hybridized carbons (Fsp3) is 0. The molecule has 0 saturated heterocycles. The summed E-state index contributed by atoms with van der Waals surface area (Å²) < 4.78 is 0. The molecule has 1 rings (SSSR count). The molecule has 1 heterocycles. The Bertz CT molecular complexity index is 112. The molecule has 1 atom stereocenters. The maximum Gasteiger partial charge on any atom is 0.0519 e. The van der Waals surface area contributed by atoms with Crippen LogP contribution >= 0.6 is 8.73 Å². The summed E-state index contributed by atoms with van der Waals surface area (Å²) in [6, 6.07) is 0. The van der Waals surface area contributed by atoms with Gasteiger partial charge in [-0.1, -0.05) is 0 Å². The molecule has 0 aliphatic carbocycles. The van der Waals surface area contributed by atoms with Crippen LogP contribution in [-0.4, -0.2) is 6.21 Å². The first-order valence-corrected chi connectivity index (χ1v) is 2.86. The van der Waals surface area contributed by atoms with Gasteiger partial charge in [0.15, 0.2) is 0 Å². The fourth-order valence-corrected chi connectivity index (χ4v) is 0.581. The predicted molar refractivity (Wildman–Crippen MR) is 30.8 cm³/mol. The summed E-state index contributed by atoms with van der Waals surface area (Å²) in [7, 11) is 0.448. The fourth-order valence-electron chi connectivity index (χ4n) is 0.239. The zero-order valence-corrected chi connectivity index (χ0v) is 4.57. The Hall–Kier alpha value is -0.560. The first-order chi connectivity index (χ1) is 3.50. The van der Waals surface area contributed by atoms with Crippen LogP contribution in [0.2, 0.25) is 0 Å². The van der Waals surface area contributed by atoms with E-state index in [4.69, 9.17) is 0 Å². The van der Waals surface area contributed by atoms with Crippen molar-refractivity contribution < 1.29 is 0 Å². The van der Waals surface area contributed by atoms with Gasteiger partial charge in [-0.2, -0.15) is 0 Å². The van der Waals surface area contributed by atoms with Crippen LogP contribution in [0.15, 0.2) is 27.1 Å². The van der Waals surface area contributed by atoms with Crippen molar-refractivity contribution in [3.63, 3.8) is 0 Å². The van der Waals surface area contributed by atoms with Crippen LogP contribution in [0.25, 0.3) is 0 Å². The highest BCUT2D eigenvalue weighted by atomic mass is 31.1. The highest BCUT2D eigenvalue weighted by molar-refractivity contribution is 7.39. The Morgan fingerprint density at radius 1 is 1.43 bits per heavy atom. The molecular weight excluding hydrogens is 109 g/mol. The van der Waals surface area contributed by atoms with E-state index in [0.29, 0.717) is 8.73 Å². The minimum absolute atomic E-state index is 0.448. The Morgan fingerprint density at radius 2 is 2.43 bits per heavy atom.